The molecule has 1 aliphatic heterocycles. The van der Waals surface area contributed by atoms with Crippen molar-refractivity contribution in [3.8, 4) is 46.0 Å². The summed E-state index contributed by atoms with van der Waals surface area (Å²) in [5.74, 6) is -0.579. The zero-order valence-electron chi connectivity index (χ0n) is 21.4. The number of methoxy groups -OCH3 is 3. The van der Waals surface area contributed by atoms with Crippen LogP contribution in [0.25, 0.3) is 0 Å². The van der Waals surface area contributed by atoms with Gasteiger partial charge in [0.2, 0.25) is 5.75 Å². The molecule has 6 N–H and O–H groups in total. The number of carbonyl (C=O) groups excluding carboxylic acids is 1. The Morgan fingerprint density at radius 1 is 0.923 bits per heavy atom. The van der Waals surface area contributed by atoms with Crippen molar-refractivity contribution in [2.24, 2.45) is 5.73 Å². The first kappa shape index (κ1) is 27.9. The molecule has 0 radical (unpaired) electrons. The summed E-state index contributed by atoms with van der Waals surface area (Å²) in [4.78, 5) is 13.6. The zero-order valence-corrected chi connectivity index (χ0v) is 22.2. The van der Waals surface area contributed by atoms with Crippen LogP contribution in [0.15, 0.2) is 42.5 Å². The van der Waals surface area contributed by atoms with E-state index in [1.807, 2.05) is 0 Å². The van der Waals surface area contributed by atoms with Gasteiger partial charge in [0.25, 0.3) is 0 Å². The summed E-state index contributed by atoms with van der Waals surface area (Å²) in [5.41, 5.74) is 6.56. The Morgan fingerprint density at radius 2 is 1.62 bits per heavy atom. The van der Waals surface area contributed by atoms with Crippen molar-refractivity contribution in [3.63, 3.8) is 0 Å². The van der Waals surface area contributed by atoms with Crippen LogP contribution in [0.5, 0.6) is 46.0 Å². The van der Waals surface area contributed by atoms with Crippen molar-refractivity contribution < 1.29 is 48.9 Å². The predicted molar refractivity (Wildman–Crippen MR) is 142 cm³/mol. The Morgan fingerprint density at radius 3 is 2.21 bits per heavy atom. The number of esters is 1. The highest BCUT2D eigenvalue weighted by molar-refractivity contribution is 7.99. The van der Waals surface area contributed by atoms with E-state index in [0.29, 0.717) is 29.2 Å². The number of hydrogen-bond donors (Lipinski definition) is 5. The van der Waals surface area contributed by atoms with Gasteiger partial charge in [0.1, 0.15) is 17.2 Å². The lowest BCUT2D eigenvalue weighted by Crippen LogP contribution is -2.37. The van der Waals surface area contributed by atoms with Gasteiger partial charge in [-0.3, -0.25) is 0 Å². The highest BCUT2D eigenvalue weighted by atomic mass is 32.2. The summed E-state index contributed by atoms with van der Waals surface area (Å²) in [6.45, 7) is 0.300. The van der Waals surface area contributed by atoms with E-state index in [1.54, 1.807) is 0 Å². The van der Waals surface area contributed by atoms with E-state index in [1.165, 1.54) is 75.6 Å². The first-order valence-corrected chi connectivity index (χ1v) is 12.8. The van der Waals surface area contributed by atoms with E-state index in [9.17, 15) is 25.2 Å². The third-order valence-corrected chi connectivity index (χ3v) is 7.46. The monoisotopic (exact) mass is 559 g/mol. The fourth-order valence-corrected chi connectivity index (χ4v) is 5.55. The van der Waals surface area contributed by atoms with E-state index in [4.69, 9.17) is 29.4 Å². The number of benzene rings is 3. The first-order chi connectivity index (χ1) is 18.7. The lowest BCUT2D eigenvalue weighted by molar-refractivity contribution is -0.0203. The van der Waals surface area contributed by atoms with Crippen LogP contribution in [0, 0.1) is 0 Å². The predicted octanol–water partition coefficient (Wildman–Crippen LogP) is 3.63. The molecule has 11 nitrogen and oxygen atoms in total. The Hall–Kier alpha value is -4.16. The van der Waals surface area contributed by atoms with Gasteiger partial charge < -0.3 is 49.8 Å². The molecule has 1 aliphatic rings. The molecule has 0 bridgehead atoms. The van der Waals surface area contributed by atoms with Gasteiger partial charge in [-0.15, -0.1) is 11.8 Å². The van der Waals surface area contributed by atoms with Crippen LogP contribution in [-0.4, -0.2) is 66.1 Å². The van der Waals surface area contributed by atoms with Crippen LogP contribution in [0.1, 0.15) is 32.8 Å². The number of nitrogens with two attached hydrogens (primary N) is 1. The maximum atomic E-state index is 13.6. The molecule has 0 fully saturated rings. The topological polar surface area (TPSA) is 170 Å². The Balaban J connectivity index is 1.83. The van der Waals surface area contributed by atoms with Crippen LogP contribution in [0.2, 0.25) is 0 Å². The number of thioether (sulfide) groups is 1. The van der Waals surface area contributed by atoms with Crippen LogP contribution < -0.4 is 24.7 Å². The summed E-state index contributed by atoms with van der Waals surface area (Å²) >= 11 is 1.33. The standard InChI is InChI=1S/C27H29NO10S/c1-34-20-9-14(10-21(35-2)24(20)36-3)27(33)38-25-23(13-4-5-16(30)17(31)8-13)37-19-12-15(29)11-18(32)22(19)26(25)39-7-6-28/h4-5,8-12,23,25-26,29-32H,6-7,28H2,1-3H3/t23-,25+,26+/m1/s1. The lowest BCUT2D eigenvalue weighted by Gasteiger charge is -2.39. The quantitative estimate of drug-likeness (QED) is 0.191. The summed E-state index contributed by atoms with van der Waals surface area (Å²) < 4.78 is 28.2. The maximum absolute atomic E-state index is 13.6. The molecular formula is C27H29NO10S. The number of phenols is 4. The first-order valence-electron chi connectivity index (χ1n) is 11.8. The van der Waals surface area contributed by atoms with Gasteiger partial charge in [0.05, 0.1) is 37.7 Å². The summed E-state index contributed by atoms with van der Waals surface area (Å²) in [6, 6.07) is 9.49. The third kappa shape index (κ3) is 5.52. The van der Waals surface area contributed by atoms with Gasteiger partial charge in [-0.05, 0) is 24.3 Å². The van der Waals surface area contributed by atoms with Crippen molar-refractivity contribution >= 4 is 17.7 Å². The molecule has 3 aromatic carbocycles. The van der Waals surface area contributed by atoms with Gasteiger partial charge >= 0.3 is 5.97 Å². The minimum Gasteiger partial charge on any atom is -0.508 e. The molecule has 1 heterocycles. The number of carbonyl (C=O) groups is 1. The van der Waals surface area contributed by atoms with E-state index >= 15 is 0 Å². The van der Waals surface area contributed by atoms with Gasteiger partial charge in [-0.1, -0.05) is 6.07 Å². The molecule has 0 amide bonds. The second-order valence-electron chi connectivity index (χ2n) is 8.53. The van der Waals surface area contributed by atoms with E-state index in [-0.39, 0.29) is 40.1 Å². The Labute approximate surface area is 228 Å². The number of ether oxygens (including phenoxy) is 5. The third-order valence-electron chi connectivity index (χ3n) is 6.13. The van der Waals surface area contributed by atoms with Crippen molar-refractivity contribution in [1.29, 1.82) is 0 Å². The van der Waals surface area contributed by atoms with E-state index in [2.05, 4.69) is 0 Å². The molecule has 0 aliphatic carbocycles. The van der Waals surface area contributed by atoms with Crippen LogP contribution in [0.4, 0.5) is 0 Å². The molecule has 0 unspecified atom stereocenters. The highest BCUT2D eigenvalue weighted by Crippen LogP contribution is 2.53. The molecule has 0 aromatic heterocycles. The van der Waals surface area contributed by atoms with Crippen molar-refractivity contribution in [2.45, 2.75) is 17.5 Å². The average molecular weight is 560 g/mol. The summed E-state index contributed by atoms with van der Waals surface area (Å²) in [5, 5.41) is 40.2. The second kappa shape index (κ2) is 11.7. The number of hydrogen-bond acceptors (Lipinski definition) is 12. The van der Waals surface area contributed by atoms with E-state index in [0.717, 1.165) is 0 Å². The minimum absolute atomic E-state index is 0.0973. The molecule has 39 heavy (non-hydrogen) atoms. The van der Waals surface area contributed by atoms with Crippen LogP contribution in [-0.2, 0) is 4.74 Å². The number of rotatable bonds is 9. The van der Waals surface area contributed by atoms with E-state index < -0.39 is 29.2 Å². The molecule has 208 valence electrons. The molecule has 3 atom stereocenters. The highest BCUT2D eigenvalue weighted by Gasteiger charge is 2.44. The van der Waals surface area contributed by atoms with Crippen molar-refractivity contribution in [1.82, 2.24) is 0 Å². The lowest BCUT2D eigenvalue weighted by atomic mass is 9.93. The second-order valence-corrected chi connectivity index (χ2v) is 9.78. The normalized spacial score (nSPS) is 18.0. The fraction of sp³-hybridized carbons (Fsp3) is 0.296. The summed E-state index contributed by atoms with van der Waals surface area (Å²) in [6.07, 6.45) is -2.06. The molecule has 4 rings (SSSR count). The minimum atomic E-state index is -1.06. The van der Waals surface area contributed by atoms with Gasteiger partial charge in [-0.25, -0.2) is 4.79 Å². The molecule has 0 saturated carbocycles. The van der Waals surface area contributed by atoms with Gasteiger partial charge in [0, 0.05) is 30.0 Å². The van der Waals surface area contributed by atoms with Gasteiger partial charge in [0.15, 0.2) is 35.2 Å². The molecular weight excluding hydrogens is 530 g/mol. The smallest absolute Gasteiger partial charge is 0.338 e. The number of phenolic OH excluding ortho intramolecular Hbond substituents is 4. The van der Waals surface area contributed by atoms with Gasteiger partial charge in [-0.2, -0.15) is 0 Å². The number of fused-ring (bicyclic) bond motifs is 1. The maximum Gasteiger partial charge on any atom is 0.338 e. The Kier molecular flexibility index (Phi) is 8.36. The molecule has 0 spiro atoms. The Bertz CT molecular complexity index is 1340. The largest absolute Gasteiger partial charge is 0.508 e. The van der Waals surface area contributed by atoms with Crippen LogP contribution in [0.3, 0.4) is 0 Å². The molecule has 0 saturated heterocycles. The molecule has 12 heteroatoms. The van der Waals surface area contributed by atoms with Crippen LogP contribution >= 0.6 is 11.8 Å². The average Bonchev–Trinajstić information content (AvgIpc) is 2.92. The SMILES string of the molecule is COc1cc(C(=O)O[C@H]2[C@@H](c3ccc(O)c(O)c3)Oc3cc(O)cc(O)c3[C@@H]2SCCN)cc(OC)c1OC. The molecule has 3 aromatic rings. The van der Waals surface area contributed by atoms with Crippen molar-refractivity contribution in [3.05, 3.63) is 59.2 Å². The summed E-state index contributed by atoms with van der Waals surface area (Å²) in [7, 11) is 4.28. The number of aromatic hydroxyl groups is 4. The fourth-order valence-electron chi connectivity index (χ4n) is 4.37. The zero-order chi connectivity index (χ0) is 28.3. The van der Waals surface area contributed by atoms with Crippen molar-refractivity contribution in [2.75, 3.05) is 33.6 Å².